The lowest BCUT2D eigenvalue weighted by Crippen LogP contribution is -2.38. The minimum Gasteiger partial charge on any atom is -0.347 e. The van der Waals surface area contributed by atoms with Crippen LogP contribution in [0.4, 0.5) is 10.5 Å². The molecule has 1 aliphatic carbocycles. The van der Waals surface area contributed by atoms with Crippen molar-refractivity contribution >= 4 is 11.7 Å². The number of carbonyl (C=O) groups excluding carboxylic acids is 1. The number of hydrogen-bond acceptors (Lipinski definition) is 3. The van der Waals surface area contributed by atoms with E-state index in [4.69, 9.17) is 9.47 Å². The standard InChI is InChI=1S/C20H22N2O3/c23-19(21-16-10-11-20(14-16)24-12-13-25-20)22-18-9-5-4-8-17(18)15-6-2-1-3-7-15/h1-9,16H,10-14H2,(H2,21,22,23)/t16-/m1/s1. The van der Waals surface area contributed by atoms with Gasteiger partial charge in [0.1, 0.15) is 0 Å². The summed E-state index contributed by atoms with van der Waals surface area (Å²) in [5, 5.41) is 6.03. The maximum absolute atomic E-state index is 12.5. The number of anilines is 1. The molecule has 5 heteroatoms. The van der Waals surface area contributed by atoms with Crippen LogP contribution in [0.5, 0.6) is 0 Å². The maximum Gasteiger partial charge on any atom is 0.319 e. The van der Waals surface area contributed by atoms with Crippen LogP contribution in [0.1, 0.15) is 19.3 Å². The molecule has 25 heavy (non-hydrogen) atoms. The number of para-hydroxylation sites is 1. The molecular weight excluding hydrogens is 316 g/mol. The minimum absolute atomic E-state index is 0.0713. The van der Waals surface area contributed by atoms with E-state index in [0.29, 0.717) is 19.6 Å². The molecule has 1 aliphatic heterocycles. The van der Waals surface area contributed by atoms with Crippen molar-refractivity contribution < 1.29 is 14.3 Å². The van der Waals surface area contributed by atoms with Gasteiger partial charge in [-0.1, -0.05) is 48.5 Å². The third kappa shape index (κ3) is 3.52. The molecule has 5 nitrogen and oxygen atoms in total. The van der Waals surface area contributed by atoms with Crippen molar-refractivity contribution in [1.29, 1.82) is 0 Å². The van der Waals surface area contributed by atoms with Gasteiger partial charge in [0.15, 0.2) is 5.79 Å². The lowest BCUT2D eigenvalue weighted by atomic mass is 10.0. The van der Waals surface area contributed by atoms with Crippen LogP contribution in [0.25, 0.3) is 11.1 Å². The molecule has 1 saturated carbocycles. The monoisotopic (exact) mass is 338 g/mol. The van der Waals surface area contributed by atoms with Crippen LogP contribution in [-0.2, 0) is 9.47 Å². The van der Waals surface area contributed by atoms with Crippen molar-refractivity contribution in [3.05, 3.63) is 54.6 Å². The maximum atomic E-state index is 12.5. The summed E-state index contributed by atoms with van der Waals surface area (Å²) in [5.41, 5.74) is 2.88. The van der Waals surface area contributed by atoms with Crippen molar-refractivity contribution in [2.45, 2.75) is 31.1 Å². The molecule has 0 radical (unpaired) electrons. The molecule has 1 spiro atoms. The number of rotatable bonds is 3. The third-order valence-corrected chi connectivity index (χ3v) is 4.84. The van der Waals surface area contributed by atoms with E-state index < -0.39 is 5.79 Å². The minimum atomic E-state index is -0.472. The Morgan fingerprint density at radius 3 is 2.52 bits per heavy atom. The number of ether oxygens (including phenoxy) is 2. The van der Waals surface area contributed by atoms with Gasteiger partial charge in [0.05, 0.1) is 18.9 Å². The van der Waals surface area contributed by atoms with E-state index >= 15 is 0 Å². The Bertz CT molecular complexity index is 742. The fraction of sp³-hybridized carbons (Fsp3) is 0.350. The van der Waals surface area contributed by atoms with E-state index in [1.54, 1.807) is 0 Å². The predicted molar refractivity (Wildman–Crippen MR) is 96.3 cm³/mol. The van der Waals surface area contributed by atoms with Gasteiger partial charge < -0.3 is 20.1 Å². The number of urea groups is 1. The normalized spacial score (nSPS) is 21.4. The van der Waals surface area contributed by atoms with E-state index in [1.165, 1.54) is 0 Å². The Balaban J connectivity index is 1.42. The summed E-state index contributed by atoms with van der Waals surface area (Å²) < 4.78 is 11.4. The van der Waals surface area contributed by atoms with Crippen molar-refractivity contribution in [2.24, 2.45) is 0 Å². The van der Waals surface area contributed by atoms with Crippen LogP contribution in [0, 0.1) is 0 Å². The largest absolute Gasteiger partial charge is 0.347 e. The van der Waals surface area contributed by atoms with Gasteiger partial charge in [0.2, 0.25) is 0 Å². The van der Waals surface area contributed by atoms with Crippen molar-refractivity contribution in [1.82, 2.24) is 5.32 Å². The first-order valence-corrected chi connectivity index (χ1v) is 8.74. The zero-order valence-corrected chi connectivity index (χ0v) is 14.0. The summed E-state index contributed by atoms with van der Waals surface area (Å²) in [6.45, 7) is 1.28. The van der Waals surface area contributed by atoms with Crippen LogP contribution in [0.15, 0.2) is 54.6 Å². The van der Waals surface area contributed by atoms with Gasteiger partial charge in [-0.15, -0.1) is 0 Å². The third-order valence-electron chi connectivity index (χ3n) is 4.84. The Hall–Kier alpha value is -2.37. The number of amides is 2. The molecule has 2 N–H and O–H groups in total. The molecule has 130 valence electrons. The molecule has 2 amide bonds. The fourth-order valence-electron chi connectivity index (χ4n) is 3.66. The second kappa shape index (κ2) is 6.86. The first-order valence-electron chi connectivity index (χ1n) is 8.74. The van der Waals surface area contributed by atoms with E-state index in [9.17, 15) is 4.79 Å². The molecule has 2 aromatic rings. The molecular formula is C20H22N2O3. The number of hydrogen-bond donors (Lipinski definition) is 2. The van der Waals surface area contributed by atoms with Crippen LogP contribution in [-0.4, -0.2) is 31.1 Å². The molecule has 2 aliphatic rings. The van der Waals surface area contributed by atoms with Crippen molar-refractivity contribution in [2.75, 3.05) is 18.5 Å². The van der Waals surface area contributed by atoms with Crippen LogP contribution < -0.4 is 10.6 Å². The SMILES string of the molecule is O=C(Nc1ccccc1-c1ccccc1)N[C@@H]1CCC2(C1)OCCO2. The molecule has 0 bridgehead atoms. The lowest BCUT2D eigenvalue weighted by Gasteiger charge is -2.22. The van der Waals surface area contributed by atoms with Gasteiger partial charge >= 0.3 is 6.03 Å². The summed E-state index contributed by atoms with van der Waals surface area (Å²) in [5.74, 6) is -0.472. The predicted octanol–water partition coefficient (Wildman–Crippen LogP) is 3.77. The first-order chi connectivity index (χ1) is 12.2. The molecule has 1 saturated heterocycles. The number of carbonyl (C=O) groups is 1. The molecule has 2 aromatic carbocycles. The molecule has 0 aromatic heterocycles. The summed E-state index contributed by atoms with van der Waals surface area (Å²) in [7, 11) is 0. The van der Waals surface area contributed by atoms with E-state index in [0.717, 1.165) is 29.7 Å². The van der Waals surface area contributed by atoms with Crippen LogP contribution in [0.3, 0.4) is 0 Å². The highest BCUT2D eigenvalue weighted by atomic mass is 16.7. The van der Waals surface area contributed by atoms with Crippen molar-refractivity contribution in [3.63, 3.8) is 0 Å². The fourth-order valence-corrected chi connectivity index (χ4v) is 3.66. The zero-order chi connectivity index (χ0) is 17.1. The quantitative estimate of drug-likeness (QED) is 0.895. The molecule has 2 fully saturated rings. The summed E-state index contributed by atoms with van der Waals surface area (Å²) in [6.07, 6.45) is 2.41. The Labute approximate surface area is 147 Å². The Morgan fingerprint density at radius 2 is 1.72 bits per heavy atom. The average molecular weight is 338 g/mol. The smallest absolute Gasteiger partial charge is 0.319 e. The summed E-state index contributed by atoms with van der Waals surface area (Å²) in [4.78, 5) is 12.5. The highest BCUT2D eigenvalue weighted by molar-refractivity contribution is 5.94. The van der Waals surface area contributed by atoms with Gasteiger partial charge in [0.25, 0.3) is 0 Å². The second-order valence-electron chi connectivity index (χ2n) is 6.56. The Kier molecular flexibility index (Phi) is 4.42. The van der Waals surface area contributed by atoms with E-state index in [-0.39, 0.29) is 12.1 Å². The molecule has 4 rings (SSSR count). The summed E-state index contributed by atoms with van der Waals surface area (Å²) in [6, 6.07) is 17.7. The van der Waals surface area contributed by atoms with Crippen molar-refractivity contribution in [3.8, 4) is 11.1 Å². The van der Waals surface area contributed by atoms with E-state index in [1.807, 2.05) is 54.6 Å². The topological polar surface area (TPSA) is 59.6 Å². The van der Waals surface area contributed by atoms with Gasteiger partial charge in [-0.25, -0.2) is 4.79 Å². The van der Waals surface area contributed by atoms with Crippen LogP contribution >= 0.6 is 0 Å². The average Bonchev–Trinajstić information content (AvgIpc) is 3.26. The van der Waals surface area contributed by atoms with Gasteiger partial charge in [0, 0.05) is 24.4 Å². The number of nitrogens with one attached hydrogen (secondary N) is 2. The molecule has 1 atom stereocenters. The lowest BCUT2D eigenvalue weighted by molar-refractivity contribution is -0.151. The first kappa shape index (κ1) is 16.1. The second-order valence-corrected chi connectivity index (χ2v) is 6.56. The number of benzene rings is 2. The highest BCUT2D eigenvalue weighted by Crippen LogP contribution is 2.37. The van der Waals surface area contributed by atoms with Gasteiger partial charge in [-0.05, 0) is 18.1 Å². The highest BCUT2D eigenvalue weighted by Gasteiger charge is 2.44. The molecule has 0 unspecified atom stereocenters. The molecule has 1 heterocycles. The zero-order valence-electron chi connectivity index (χ0n) is 14.0. The van der Waals surface area contributed by atoms with E-state index in [2.05, 4.69) is 10.6 Å². The summed E-state index contributed by atoms with van der Waals surface area (Å²) >= 11 is 0. The van der Waals surface area contributed by atoms with Gasteiger partial charge in [-0.2, -0.15) is 0 Å². The van der Waals surface area contributed by atoms with Crippen LogP contribution in [0.2, 0.25) is 0 Å². The Morgan fingerprint density at radius 1 is 1.00 bits per heavy atom. The van der Waals surface area contributed by atoms with Gasteiger partial charge in [-0.3, -0.25) is 0 Å².